The summed E-state index contributed by atoms with van der Waals surface area (Å²) in [6.07, 6.45) is 0.864. The first-order valence-electron chi connectivity index (χ1n) is 6.30. The van der Waals surface area contributed by atoms with E-state index in [1.54, 1.807) is 19.1 Å². The predicted molar refractivity (Wildman–Crippen MR) is 84.0 cm³/mol. The molecule has 0 aromatic heterocycles. The molecule has 1 aromatic rings. The SMILES string of the molecule is CC[C@@H](C)NC(=O)[C@@H](C)NC(=O)c1cccc(I)c1. The number of hydrogen-bond acceptors (Lipinski definition) is 2. The van der Waals surface area contributed by atoms with Gasteiger partial charge >= 0.3 is 0 Å². The van der Waals surface area contributed by atoms with Crippen molar-refractivity contribution in [3.8, 4) is 0 Å². The van der Waals surface area contributed by atoms with Gasteiger partial charge in [0.05, 0.1) is 0 Å². The highest BCUT2D eigenvalue weighted by molar-refractivity contribution is 14.1. The number of hydrogen-bond donors (Lipinski definition) is 2. The van der Waals surface area contributed by atoms with Crippen molar-refractivity contribution < 1.29 is 9.59 Å². The highest BCUT2D eigenvalue weighted by Gasteiger charge is 2.17. The van der Waals surface area contributed by atoms with Gasteiger partial charge in [0.1, 0.15) is 6.04 Å². The van der Waals surface area contributed by atoms with Gasteiger partial charge < -0.3 is 10.6 Å². The molecule has 19 heavy (non-hydrogen) atoms. The molecule has 0 heterocycles. The molecule has 0 unspecified atom stereocenters. The topological polar surface area (TPSA) is 58.2 Å². The molecule has 0 bridgehead atoms. The third-order valence-electron chi connectivity index (χ3n) is 2.83. The van der Waals surface area contributed by atoms with Crippen LogP contribution in [0.3, 0.4) is 0 Å². The number of carbonyl (C=O) groups is 2. The van der Waals surface area contributed by atoms with Gasteiger partial charge in [0.15, 0.2) is 0 Å². The van der Waals surface area contributed by atoms with Crippen LogP contribution in [0.1, 0.15) is 37.6 Å². The maximum Gasteiger partial charge on any atom is 0.251 e. The molecule has 2 amide bonds. The number of nitrogens with one attached hydrogen (secondary N) is 2. The van der Waals surface area contributed by atoms with Crippen LogP contribution < -0.4 is 10.6 Å². The van der Waals surface area contributed by atoms with E-state index in [0.29, 0.717) is 5.56 Å². The van der Waals surface area contributed by atoms with Crippen molar-refractivity contribution >= 4 is 34.4 Å². The summed E-state index contributed by atoms with van der Waals surface area (Å²) in [7, 11) is 0. The van der Waals surface area contributed by atoms with Crippen LogP contribution in [0.15, 0.2) is 24.3 Å². The van der Waals surface area contributed by atoms with Crippen molar-refractivity contribution in [3.63, 3.8) is 0 Å². The molecule has 5 heteroatoms. The van der Waals surface area contributed by atoms with Crippen molar-refractivity contribution in [1.82, 2.24) is 10.6 Å². The average Bonchev–Trinajstić information content (AvgIpc) is 2.38. The monoisotopic (exact) mass is 374 g/mol. The van der Waals surface area contributed by atoms with Gasteiger partial charge in [-0.25, -0.2) is 0 Å². The molecule has 0 radical (unpaired) electrons. The Morgan fingerprint density at radius 3 is 2.53 bits per heavy atom. The van der Waals surface area contributed by atoms with Gasteiger partial charge in [-0.2, -0.15) is 0 Å². The Balaban J connectivity index is 2.59. The Morgan fingerprint density at radius 1 is 1.26 bits per heavy atom. The van der Waals surface area contributed by atoms with Crippen molar-refractivity contribution in [2.45, 2.75) is 39.3 Å². The Morgan fingerprint density at radius 2 is 1.95 bits per heavy atom. The molecule has 0 aliphatic heterocycles. The van der Waals surface area contributed by atoms with E-state index in [2.05, 4.69) is 33.2 Å². The van der Waals surface area contributed by atoms with Gasteiger partial charge in [-0.05, 0) is 61.1 Å². The van der Waals surface area contributed by atoms with Crippen LogP contribution in [0.5, 0.6) is 0 Å². The van der Waals surface area contributed by atoms with Crippen molar-refractivity contribution in [1.29, 1.82) is 0 Å². The van der Waals surface area contributed by atoms with Crippen molar-refractivity contribution in [2.24, 2.45) is 0 Å². The smallest absolute Gasteiger partial charge is 0.251 e. The van der Waals surface area contributed by atoms with Gasteiger partial charge in [-0.3, -0.25) is 9.59 Å². The fourth-order valence-corrected chi connectivity index (χ4v) is 1.99. The van der Waals surface area contributed by atoms with Gasteiger partial charge in [-0.15, -0.1) is 0 Å². The number of carbonyl (C=O) groups excluding carboxylic acids is 2. The van der Waals surface area contributed by atoms with Crippen LogP contribution in [0.25, 0.3) is 0 Å². The van der Waals surface area contributed by atoms with E-state index in [-0.39, 0.29) is 17.9 Å². The lowest BCUT2D eigenvalue weighted by Gasteiger charge is -2.17. The number of amides is 2. The first-order valence-corrected chi connectivity index (χ1v) is 7.38. The summed E-state index contributed by atoms with van der Waals surface area (Å²) >= 11 is 2.15. The van der Waals surface area contributed by atoms with E-state index >= 15 is 0 Å². The van der Waals surface area contributed by atoms with Crippen LogP contribution in [0.2, 0.25) is 0 Å². The lowest BCUT2D eigenvalue weighted by atomic mass is 10.2. The largest absolute Gasteiger partial charge is 0.352 e. The van der Waals surface area contributed by atoms with Gasteiger partial charge in [0, 0.05) is 15.2 Å². The second kappa shape index (κ2) is 7.47. The molecule has 0 aliphatic rings. The number of rotatable bonds is 5. The van der Waals surface area contributed by atoms with Gasteiger partial charge in [0.25, 0.3) is 5.91 Å². The fourth-order valence-electron chi connectivity index (χ4n) is 1.45. The molecule has 0 spiro atoms. The summed E-state index contributed by atoms with van der Waals surface area (Å²) in [5.74, 6) is -0.390. The van der Waals surface area contributed by atoms with Crippen LogP contribution in [-0.4, -0.2) is 23.9 Å². The summed E-state index contributed by atoms with van der Waals surface area (Å²) in [6.45, 7) is 5.62. The Hall–Kier alpha value is -1.11. The first-order chi connectivity index (χ1) is 8.93. The van der Waals surface area contributed by atoms with E-state index in [1.165, 1.54) is 0 Å². The average molecular weight is 374 g/mol. The second-order valence-electron chi connectivity index (χ2n) is 4.52. The Kier molecular flexibility index (Phi) is 6.27. The van der Waals surface area contributed by atoms with Crippen LogP contribution in [-0.2, 0) is 4.79 Å². The quantitative estimate of drug-likeness (QED) is 0.778. The normalized spacial score (nSPS) is 13.5. The minimum atomic E-state index is -0.542. The third-order valence-corrected chi connectivity index (χ3v) is 3.50. The zero-order valence-corrected chi connectivity index (χ0v) is 13.5. The molecule has 0 aliphatic carbocycles. The van der Waals surface area contributed by atoms with E-state index in [0.717, 1.165) is 9.99 Å². The molecule has 104 valence electrons. The molecule has 0 fully saturated rings. The maximum absolute atomic E-state index is 12.0. The first kappa shape index (κ1) is 15.9. The zero-order valence-electron chi connectivity index (χ0n) is 11.4. The molecular weight excluding hydrogens is 355 g/mol. The van der Waals surface area contributed by atoms with Crippen molar-refractivity contribution in [3.05, 3.63) is 33.4 Å². The summed E-state index contributed by atoms with van der Waals surface area (Å²) in [4.78, 5) is 23.8. The van der Waals surface area contributed by atoms with Gasteiger partial charge in [0.2, 0.25) is 5.91 Å². The summed E-state index contributed by atoms with van der Waals surface area (Å²) in [5, 5.41) is 5.54. The molecule has 0 saturated carbocycles. The number of benzene rings is 1. The van der Waals surface area contributed by atoms with Crippen LogP contribution >= 0.6 is 22.6 Å². The second-order valence-corrected chi connectivity index (χ2v) is 5.77. The molecule has 2 N–H and O–H groups in total. The minimum Gasteiger partial charge on any atom is -0.352 e. The summed E-state index contributed by atoms with van der Waals surface area (Å²) in [5.41, 5.74) is 0.565. The zero-order chi connectivity index (χ0) is 14.4. The standard InChI is InChI=1S/C14H19IN2O2/c1-4-9(2)16-13(18)10(3)17-14(19)11-6-5-7-12(15)8-11/h5-10H,4H2,1-3H3,(H,16,18)(H,17,19)/t9-,10-/m1/s1. The minimum absolute atomic E-state index is 0.115. The number of halogens is 1. The van der Waals surface area contributed by atoms with E-state index < -0.39 is 6.04 Å². The van der Waals surface area contributed by atoms with Gasteiger partial charge in [-0.1, -0.05) is 13.0 Å². The summed E-state index contributed by atoms with van der Waals surface area (Å²) in [6, 6.07) is 6.83. The molecule has 2 atom stereocenters. The Bertz CT molecular complexity index is 463. The van der Waals surface area contributed by atoms with E-state index in [1.807, 2.05) is 26.0 Å². The van der Waals surface area contributed by atoms with E-state index in [4.69, 9.17) is 0 Å². The fraction of sp³-hybridized carbons (Fsp3) is 0.429. The predicted octanol–water partition coefficient (Wildman–Crippen LogP) is 2.32. The summed E-state index contributed by atoms with van der Waals surface area (Å²) < 4.78 is 0.988. The molecule has 4 nitrogen and oxygen atoms in total. The van der Waals surface area contributed by atoms with E-state index in [9.17, 15) is 9.59 Å². The van der Waals surface area contributed by atoms with Crippen LogP contribution in [0, 0.1) is 3.57 Å². The Labute approximate surface area is 127 Å². The highest BCUT2D eigenvalue weighted by atomic mass is 127. The lowest BCUT2D eigenvalue weighted by Crippen LogP contribution is -2.47. The molecule has 1 rings (SSSR count). The van der Waals surface area contributed by atoms with Crippen molar-refractivity contribution in [2.75, 3.05) is 0 Å². The molecular formula is C14H19IN2O2. The van der Waals surface area contributed by atoms with Crippen LogP contribution in [0.4, 0.5) is 0 Å². The third kappa shape index (κ3) is 5.18. The highest BCUT2D eigenvalue weighted by Crippen LogP contribution is 2.07. The molecule has 1 aromatic carbocycles. The molecule has 0 saturated heterocycles. The lowest BCUT2D eigenvalue weighted by molar-refractivity contribution is -0.123. The maximum atomic E-state index is 12.0.